The smallest absolute Gasteiger partial charge is 0.188 e. The summed E-state index contributed by atoms with van der Waals surface area (Å²) in [5.41, 5.74) is 1.73. The van der Waals surface area contributed by atoms with Crippen LogP contribution in [0.4, 0.5) is 4.39 Å². The molecule has 0 spiro atoms. The molecule has 7 heteroatoms. The summed E-state index contributed by atoms with van der Waals surface area (Å²) in [6.07, 6.45) is 1.86. The molecule has 23 heavy (non-hydrogen) atoms. The SMILES string of the molecule is C=C(c1ccc(F)cc1)N1CCn2c(C(=N)SC)nnc2[C@H]1C. The van der Waals surface area contributed by atoms with Crippen LogP contribution in [0.2, 0.25) is 0 Å². The van der Waals surface area contributed by atoms with Gasteiger partial charge in [0.05, 0.1) is 6.04 Å². The van der Waals surface area contributed by atoms with Crippen LogP contribution in [0.25, 0.3) is 5.70 Å². The second-order valence-electron chi connectivity index (χ2n) is 5.39. The third-order valence-corrected chi connectivity index (χ3v) is 4.71. The van der Waals surface area contributed by atoms with E-state index in [1.54, 1.807) is 12.1 Å². The van der Waals surface area contributed by atoms with Gasteiger partial charge in [0, 0.05) is 18.8 Å². The highest BCUT2D eigenvalue weighted by molar-refractivity contribution is 8.13. The van der Waals surface area contributed by atoms with E-state index in [1.807, 2.05) is 17.7 Å². The lowest BCUT2D eigenvalue weighted by Gasteiger charge is -2.36. The number of thioether (sulfide) groups is 1. The van der Waals surface area contributed by atoms with Crippen molar-refractivity contribution in [3.63, 3.8) is 0 Å². The summed E-state index contributed by atoms with van der Waals surface area (Å²) in [7, 11) is 0. The maximum atomic E-state index is 13.1. The van der Waals surface area contributed by atoms with Gasteiger partial charge in [-0.05, 0) is 30.9 Å². The van der Waals surface area contributed by atoms with Gasteiger partial charge in [-0.25, -0.2) is 4.39 Å². The summed E-state index contributed by atoms with van der Waals surface area (Å²) < 4.78 is 15.1. The van der Waals surface area contributed by atoms with E-state index in [0.717, 1.165) is 23.6 Å². The van der Waals surface area contributed by atoms with Gasteiger partial charge in [-0.15, -0.1) is 22.0 Å². The number of nitrogens with one attached hydrogen (secondary N) is 1. The zero-order valence-electron chi connectivity index (χ0n) is 13.1. The Bertz CT molecular complexity index is 752. The third kappa shape index (κ3) is 2.76. The van der Waals surface area contributed by atoms with Crippen LogP contribution in [0.5, 0.6) is 0 Å². The van der Waals surface area contributed by atoms with E-state index in [-0.39, 0.29) is 11.9 Å². The fraction of sp³-hybridized carbons (Fsp3) is 0.312. The minimum absolute atomic E-state index is 0.00258. The number of nitrogens with zero attached hydrogens (tertiary/aromatic N) is 4. The standard InChI is InChI=1S/C16H18FN5S/c1-10(12-4-6-13(17)7-5-12)21-8-9-22-15(11(21)2)19-20-16(22)14(18)23-3/h4-7,11,18H,1,8-9H2,2-3H3/t11-/m1/s1. The Morgan fingerprint density at radius 3 is 2.65 bits per heavy atom. The monoisotopic (exact) mass is 331 g/mol. The number of hydrogen-bond acceptors (Lipinski definition) is 5. The number of aromatic nitrogens is 3. The molecule has 0 amide bonds. The molecular weight excluding hydrogens is 313 g/mol. The molecule has 0 saturated carbocycles. The van der Waals surface area contributed by atoms with E-state index in [1.165, 1.54) is 23.9 Å². The fourth-order valence-corrected chi connectivity index (χ4v) is 3.16. The van der Waals surface area contributed by atoms with Gasteiger partial charge in [0.15, 0.2) is 11.6 Å². The Kier molecular flexibility index (Phi) is 4.21. The van der Waals surface area contributed by atoms with E-state index in [9.17, 15) is 4.39 Å². The number of rotatable bonds is 3. The lowest BCUT2D eigenvalue weighted by atomic mass is 10.1. The average molecular weight is 331 g/mol. The Hall–Kier alpha value is -2.15. The number of benzene rings is 1. The maximum absolute atomic E-state index is 13.1. The maximum Gasteiger partial charge on any atom is 0.188 e. The first kappa shape index (κ1) is 15.7. The van der Waals surface area contributed by atoms with Gasteiger partial charge < -0.3 is 9.47 Å². The van der Waals surface area contributed by atoms with Crippen molar-refractivity contribution in [2.45, 2.75) is 19.5 Å². The molecule has 3 rings (SSSR count). The molecule has 1 aromatic heterocycles. The summed E-state index contributed by atoms with van der Waals surface area (Å²) in [5.74, 6) is 1.19. The minimum atomic E-state index is -0.256. The van der Waals surface area contributed by atoms with Crippen molar-refractivity contribution >= 4 is 22.5 Å². The largest absolute Gasteiger partial charge is 0.360 e. The van der Waals surface area contributed by atoms with Crippen LogP contribution >= 0.6 is 11.8 Å². The molecule has 2 aromatic rings. The lowest BCUT2D eigenvalue weighted by Crippen LogP contribution is -2.36. The molecule has 0 fully saturated rings. The molecule has 5 nitrogen and oxygen atoms in total. The highest BCUT2D eigenvalue weighted by Crippen LogP contribution is 2.31. The van der Waals surface area contributed by atoms with Crippen molar-refractivity contribution in [3.8, 4) is 0 Å². The topological polar surface area (TPSA) is 57.8 Å². The molecular formula is C16H18FN5S. The van der Waals surface area contributed by atoms with Crippen molar-refractivity contribution in [1.82, 2.24) is 19.7 Å². The first-order chi connectivity index (χ1) is 11.0. The van der Waals surface area contributed by atoms with Crippen molar-refractivity contribution in [3.05, 3.63) is 53.9 Å². The minimum Gasteiger partial charge on any atom is -0.360 e. The van der Waals surface area contributed by atoms with Crippen LogP contribution in [0.3, 0.4) is 0 Å². The zero-order valence-corrected chi connectivity index (χ0v) is 13.9. The number of halogens is 1. The molecule has 0 unspecified atom stereocenters. The van der Waals surface area contributed by atoms with E-state index in [0.29, 0.717) is 17.4 Å². The summed E-state index contributed by atoms with van der Waals surface area (Å²) in [5, 5.41) is 16.8. The molecule has 0 saturated heterocycles. The molecule has 1 N–H and O–H groups in total. The van der Waals surface area contributed by atoms with Gasteiger partial charge in [0.1, 0.15) is 10.9 Å². The van der Waals surface area contributed by atoms with Gasteiger partial charge in [0.2, 0.25) is 0 Å². The van der Waals surface area contributed by atoms with Crippen LogP contribution in [-0.2, 0) is 6.54 Å². The Morgan fingerprint density at radius 1 is 1.30 bits per heavy atom. The summed E-state index contributed by atoms with van der Waals surface area (Å²) in [6, 6.07) is 6.35. The van der Waals surface area contributed by atoms with Crippen LogP contribution in [0, 0.1) is 11.2 Å². The summed E-state index contributed by atoms with van der Waals surface area (Å²) in [6.45, 7) is 7.65. The molecule has 0 radical (unpaired) electrons. The van der Waals surface area contributed by atoms with Crippen LogP contribution in [0.1, 0.15) is 30.2 Å². The molecule has 0 bridgehead atoms. The van der Waals surface area contributed by atoms with Gasteiger partial charge >= 0.3 is 0 Å². The molecule has 2 heterocycles. The Labute approximate surface area is 138 Å². The fourth-order valence-electron chi connectivity index (χ4n) is 2.82. The second-order valence-corrected chi connectivity index (χ2v) is 6.21. The molecule has 1 aliphatic heterocycles. The molecule has 1 aliphatic rings. The first-order valence-corrected chi connectivity index (χ1v) is 8.53. The number of fused-ring (bicyclic) bond motifs is 1. The van der Waals surface area contributed by atoms with Crippen molar-refractivity contribution < 1.29 is 4.39 Å². The first-order valence-electron chi connectivity index (χ1n) is 7.30. The molecule has 1 atom stereocenters. The van der Waals surface area contributed by atoms with Gasteiger partial charge in [-0.2, -0.15) is 0 Å². The number of hydrogen-bond donors (Lipinski definition) is 1. The van der Waals surface area contributed by atoms with Gasteiger partial charge in [0.25, 0.3) is 0 Å². The lowest BCUT2D eigenvalue weighted by molar-refractivity contribution is 0.250. The average Bonchev–Trinajstić information content (AvgIpc) is 2.99. The quantitative estimate of drug-likeness (QED) is 0.693. The van der Waals surface area contributed by atoms with Crippen LogP contribution < -0.4 is 0 Å². The normalized spacial score (nSPS) is 17.0. The van der Waals surface area contributed by atoms with Gasteiger partial charge in [-0.1, -0.05) is 18.7 Å². The summed E-state index contributed by atoms with van der Waals surface area (Å²) in [4.78, 5) is 2.14. The second kappa shape index (κ2) is 6.16. The van der Waals surface area contributed by atoms with E-state index in [2.05, 4.69) is 21.7 Å². The van der Waals surface area contributed by atoms with Gasteiger partial charge in [-0.3, -0.25) is 5.41 Å². The Morgan fingerprint density at radius 2 is 2.00 bits per heavy atom. The summed E-state index contributed by atoms with van der Waals surface area (Å²) >= 11 is 1.36. The Balaban J connectivity index is 1.88. The van der Waals surface area contributed by atoms with E-state index in [4.69, 9.17) is 5.41 Å². The van der Waals surface area contributed by atoms with Crippen molar-refractivity contribution in [2.24, 2.45) is 0 Å². The van der Waals surface area contributed by atoms with Crippen LogP contribution in [-0.4, -0.2) is 37.5 Å². The van der Waals surface area contributed by atoms with E-state index >= 15 is 0 Å². The molecule has 120 valence electrons. The highest BCUT2D eigenvalue weighted by Gasteiger charge is 2.30. The zero-order chi connectivity index (χ0) is 16.6. The predicted molar refractivity (Wildman–Crippen MR) is 90.9 cm³/mol. The third-order valence-electron chi connectivity index (χ3n) is 4.12. The highest BCUT2D eigenvalue weighted by atomic mass is 32.2. The predicted octanol–water partition coefficient (Wildman–Crippen LogP) is 3.15. The molecule has 0 aliphatic carbocycles. The molecule has 1 aromatic carbocycles. The van der Waals surface area contributed by atoms with E-state index < -0.39 is 0 Å². The van der Waals surface area contributed by atoms with Crippen molar-refractivity contribution in [2.75, 3.05) is 12.8 Å². The van der Waals surface area contributed by atoms with Crippen LogP contribution in [0.15, 0.2) is 30.8 Å². The van der Waals surface area contributed by atoms with Crippen molar-refractivity contribution in [1.29, 1.82) is 5.41 Å².